The minimum absolute atomic E-state index is 0.0452. The van der Waals surface area contributed by atoms with Crippen LogP contribution in [0.4, 0.5) is 0 Å². The number of hydrogen-bond donors (Lipinski definition) is 6. The molecule has 0 fully saturated rings. The molecule has 0 saturated carbocycles. The molecule has 0 aliphatic rings. The molecular weight excluding hydrogens is 376 g/mol. The van der Waals surface area contributed by atoms with Crippen LogP contribution in [-0.2, 0) is 20.8 Å². The molecule has 158 valence electrons. The van der Waals surface area contributed by atoms with E-state index in [0.29, 0.717) is 6.42 Å². The number of nitrogens with one attached hydrogen (secondary N) is 3. The van der Waals surface area contributed by atoms with Crippen LogP contribution in [0, 0.1) is 5.92 Å². The highest BCUT2D eigenvalue weighted by molar-refractivity contribution is 5.92. The van der Waals surface area contributed by atoms with Gasteiger partial charge in [0.15, 0.2) is 0 Å². The summed E-state index contributed by atoms with van der Waals surface area (Å²) in [6.45, 7) is 3.01. The van der Waals surface area contributed by atoms with Crippen LogP contribution in [0.1, 0.15) is 25.8 Å². The number of hydrogen-bond acceptors (Lipinski definition) is 5. The zero-order chi connectivity index (χ0) is 21.6. The van der Waals surface area contributed by atoms with Gasteiger partial charge in [0.25, 0.3) is 0 Å². The lowest BCUT2D eigenvalue weighted by atomic mass is 9.99. The fourth-order valence-corrected chi connectivity index (χ4v) is 2.97. The van der Waals surface area contributed by atoms with E-state index in [0.717, 1.165) is 16.5 Å². The highest BCUT2D eigenvalue weighted by Crippen LogP contribution is 2.19. The van der Waals surface area contributed by atoms with Crippen LogP contribution < -0.4 is 16.4 Å². The van der Waals surface area contributed by atoms with E-state index in [1.807, 2.05) is 31.2 Å². The average Bonchev–Trinajstić information content (AvgIpc) is 3.12. The first-order valence-electron chi connectivity index (χ1n) is 9.53. The first-order chi connectivity index (χ1) is 13.8. The van der Waals surface area contributed by atoms with Gasteiger partial charge in [-0.3, -0.25) is 9.59 Å². The maximum atomic E-state index is 12.5. The molecule has 9 heteroatoms. The molecule has 29 heavy (non-hydrogen) atoms. The maximum Gasteiger partial charge on any atom is 0.326 e. The Balaban J connectivity index is 2.07. The van der Waals surface area contributed by atoms with Crippen molar-refractivity contribution in [1.82, 2.24) is 15.6 Å². The highest BCUT2D eigenvalue weighted by Gasteiger charge is 2.29. The monoisotopic (exact) mass is 404 g/mol. The molecule has 2 rings (SSSR count). The molecule has 4 atom stereocenters. The van der Waals surface area contributed by atoms with Gasteiger partial charge in [-0.1, -0.05) is 38.5 Å². The normalized spacial score (nSPS) is 15.3. The number of carbonyl (C=O) groups is 3. The predicted octanol–water partition coefficient (Wildman–Crippen LogP) is 0.130. The molecule has 7 N–H and O–H groups in total. The van der Waals surface area contributed by atoms with Crippen LogP contribution in [0.5, 0.6) is 0 Å². The first-order valence-corrected chi connectivity index (χ1v) is 9.53. The fraction of sp³-hybridized carbons (Fsp3) is 0.450. The van der Waals surface area contributed by atoms with E-state index in [1.165, 1.54) is 0 Å². The number of rotatable bonds is 10. The molecule has 0 spiro atoms. The molecule has 1 heterocycles. The largest absolute Gasteiger partial charge is 0.480 e. The van der Waals surface area contributed by atoms with Crippen LogP contribution >= 0.6 is 0 Å². The lowest BCUT2D eigenvalue weighted by molar-refractivity contribution is -0.142. The summed E-state index contributed by atoms with van der Waals surface area (Å²) in [6, 6.07) is 4.07. The van der Waals surface area contributed by atoms with E-state index in [4.69, 9.17) is 5.73 Å². The van der Waals surface area contributed by atoms with Crippen LogP contribution in [-0.4, -0.2) is 57.7 Å². The Labute approximate surface area is 168 Å². The van der Waals surface area contributed by atoms with Crippen molar-refractivity contribution in [1.29, 1.82) is 0 Å². The van der Waals surface area contributed by atoms with E-state index >= 15 is 0 Å². The molecular formula is C20H28N4O5. The topological polar surface area (TPSA) is 158 Å². The molecule has 1 aromatic carbocycles. The number of carboxylic acids is 1. The Bertz CT molecular complexity index is 865. The van der Waals surface area contributed by atoms with E-state index in [-0.39, 0.29) is 12.3 Å². The second-order valence-corrected chi connectivity index (χ2v) is 7.12. The lowest BCUT2D eigenvalue weighted by Gasteiger charge is -2.23. The number of aliphatic carboxylic acids is 1. The maximum absolute atomic E-state index is 12.5. The summed E-state index contributed by atoms with van der Waals surface area (Å²) in [4.78, 5) is 39.4. The third-order valence-electron chi connectivity index (χ3n) is 5.09. The molecule has 9 nitrogen and oxygen atoms in total. The Morgan fingerprint density at radius 2 is 1.79 bits per heavy atom. The number of nitrogens with two attached hydrogens (primary N) is 1. The molecule has 2 aromatic rings. The van der Waals surface area contributed by atoms with Crippen molar-refractivity contribution in [3.63, 3.8) is 0 Å². The number of para-hydroxylation sites is 1. The van der Waals surface area contributed by atoms with Gasteiger partial charge in [0.05, 0.1) is 12.6 Å². The number of amides is 2. The van der Waals surface area contributed by atoms with Gasteiger partial charge in [0, 0.05) is 23.5 Å². The van der Waals surface area contributed by atoms with Crippen LogP contribution in [0.15, 0.2) is 30.5 Å². The standard InChI is InChI=1S/C20H28N4O5/c1-3-11(2)17(21)19(27)24-16(10-25)18(26)23-15(20(28)29)8-12-9-22-14-7-5-4-6-13(12)14/h4-7,9,11,15-17,22,25H,3,8,10,21H2,1-2H3,(H,23,26)(H,24,27)(H,28,29)/t11-,15-,16-,17-/m0/s1. The summed E-state index contributed by atoms with van der Waals surface area (Å²) >= 11 is 0. The number of fused-ring (bicyclic) bond motifs is 1. The van der Waals surface area contributed by atoms with Gasteiger partial charge in [-0.15, -0.1) is 0 Å². The van der Waals surface area contributed by atoms with E-state index in [2.05, 4.69) is 15.6 Å². The second kappa shape index (κ2) is 10.0. The summed E-state index contributed by atoms with van der Waals surface area (Å²) in [5.74, 6) is -2.68. The molecule has 0 unspecified atom stereocenters. The molecule has 0 aliphatic heterocycles. The number of aliphatic hydroxyl groups excluding tert-OH is 1. The quantitative estimate of drug-likeness (QED) is 0.330. The minimum Gasteiger partial charge on any atom is -0.480 e. The van der Waals surface area contributed by atoms with Gasteiger partial charge < -0.3 is 31.6 Å². The van der Waals surface area contributed by atoms with Gasteiger partial charge in [-0.25, -0.2) is 4.79 Å². The molecule has 1 aromatic heterocycles. The number of benzene rings is 1. The zero-order valence-corrected chi connectivity index (χ0v) is 16.5. The zero-order valence-electron chi connectivity index (χ0n) is 16.5. The number of aromatic nitrogens is 1. The molecule has 0 bridgehead atoms. The summed E-state index contributed by atoms with van der Waals surface area (Å²) in [6.07, 6.45) is 2.42. The Morgan fingerprint density at radius 1 is 1.14 bits per heavy atom. The van der Waals surface area contributed by atoms with Crippen LogP contribution in [0.2, 0.25) is 0 Å². The molecule has 0 saturated heterocycles. The minimum atomic E-state index is -1.29. The summed E-state index contributed by atoms with van der Waals surface area (Å²) in [5.41, 5.74) is 7.44. The van der Waals surface area contributed by atoms with E-state index < -0.39 is 42.5 Å². The van der Waals surface area contributed by atoms with Gasteiger partial charge in [0.1, 0.15) is 12.1 Å². The third kappa shape index (κ3) is 5.55. The average molecular weight is 404 g/mol. The summed E-state index contributed by atoms with van der Waals surface area (Å²) < 4.78 is 0. The Kier molecular flexibility index (Phi) is 7.74. The number of carboxylic acid groups (broad SMARTS) is 1. The van der Waals surface area contributed by atoms with Gasteiger partial charge in [0.2, 0.25) is 11.8 Å². The van der Waals surface area contributed by atoms with Crippen LogP contribution in [0.25, 0.3) is 10.9 Å². The number of aromatic amines is 1. The Morgan fingerprint density at radius 3 is 2.41 bits per heavy atom. The van der Waals surface area contributed by atoms with Crippen molar-refractivity contribution in [2.75, 3.05) is 6.61 Å². The number of H-pyrrole nitrogens is 1. The first kappa shape index (κ1) is 22.4. The number of aliphatic hydroxyl groups is 1. The fourth-order valence-electron chi connectivity index (χ4n) is 2.97. The second-order valence-electron chi connectivity index (χ2n) is 7.12. The summed E-state index contributed by atoms with van der Waals surface area (Å²) in [5, 5.41) is 24.7. The molecule has 2 amide bonds. The van der Waals surface area contributed by atoms with Gasteiger partial charge in [-0.05, 0) is 17.5 Å². The lowest BCUT2D eigenvalue weighted by Crippen LogP contribution is -2.57. The predicted molar refractivity (Wildman–Crippen MR) is 108 cm³/mol. The van der Waals surface area contributed by atoms with Crippen molar-refractivity contribution < 1.29 is 24.6 Å². The van der Waals surface area contributed by atoms with E-state index in [9.17, 15) is 24.6 Å². The SMILES string of the molecule is CC[C@H](C)[C@H](N)C(=O)N[C@@H](CO)C(=O)N[C@@H](Cc1c[nH]c2ccccc12)C(=O)O. The smallest absolute Gasteiger partial charge is 0.326 e. The van der Waals surface area contributed by atoms with Crippen molar-refractivity contribution in [2.45, 2.75) is 44.8 Å². The van der Waals surface area contributed by atoms with Crippen molar-refractivity contribution in [3.05, 3.63) is 36.0 Å². The summed E-state index contributed by atoms with van der Waals surface area (Å²) in [7, 11) is 0. The third-order valence-corrected chi connectivity index (χ3v) is 5.09. The van der Waals surface area contributed by atoms with E-state index in [1.54, 1.807) is 13.1 Å². The van der Waals surface area contributed by atoms with Crippen molar-refractivity contribution in [2.24, 2.45) is 11.7 Å². The van der Waals surface area contributed by atoms with Crippen molar-refractivity contribution >= 4 is 28.7 Å². The van der Waals surface area contributed by atoms with Gasteiger partial charge in [-0.2, -0.15) is 0 Å². The number of carbonyl (C=O) groups excluding carboxylic acids is 2. The van der Waals surface area contributed by atoms with Crippen LogP contribution in [0.3, 0.4) is 0 Å². The molecule has 0 radical (unpaired) electrons. The Hall–Kier alpha value is -2.91. The van der Waals surface area contributed by atoms with Crippen molar-refractivity contribution in [3.8, 4) is 0 Å². The highest BCUT2D eigenvalue weighted by atomic mass is 16.4. The molecule has 0 aliphatic carbocycles. The van der Waals surface area contributed by atoms with Gasteiger partial charge >= 0.3 is 5.97 Å².